The third kappa shape index (κ3) is 3.13. The summed E-state index contributed by atoms with van der Waals surface area (Å²) in [6.07, 6.45) is 6.45. The summed E-state index contributed by atoms with van der Waals surface area (Å²) in [5, 5.41) is 10.1. The number of carboxylic acids is 1. The van der Waals surface area contributed by atoms with E-state index < -0.39 is 11.6 Å². The van der Waals surface area contributed by atoms with Gasteiger partial charge in [0.25, 0.3) is 0 Å². The number of halogens is 1. The summed E-state index contributed by atoms with van der Waals surface area (Å²) in [5.74, 6) is -1.02. The molecule has 25 heavy (non-hydrogen) atoms. The minimum atomic E-state index is -1.02. The molecule has 0 saturated carbocycles. The molecule has 1 atom stereocenters. The van der Waals surface area contributed by atoms with Crippen LogP contribution < -0.4 is 0 Å². The highest BCUT2D eigenvalue weighted by Gasteiger charge is 2.42. The van der Waals surface area contributed by atoms with Gasteiger partial charge in [-0.25, -0.2) is 4.79 Å². The first-order valence-electron chi connectivity index (χ1n) is 8.19. The van der Waals surface area contributed by atoms with E-state index in [0.717, 1.165) is 11.1 Å². The number of aromatic carboxylic acids is 1. The van der Waals surface area contributed by atoms with Crippen LogP contribution >= 0.6 is 11.6 Å². The average molecular weight is 355 g/mol. The summed E-state index contributed by atoms with van der Waals surface area (Å²) in [5.41, 5.74) is 1.63. The van der Waals surface area contributed by atoms with Crippen molar-refractivity contribution < 1.29 is 14.6 Å². The zero-order valence-corrected chi connectivity index (χ0v) is 14.7. The molecule has 0 saturated heterocycles. The Morgan fingerprint density at radius 1 is 1.20 bits per heavy atom. The lowest BCUT2D eigenvalue weighted by atomic mass is 9.75. The van der Waals surface area contributed by atoms with Crippen molar-refractivity contribution in [1.82, 2.24) is 0 Å². The van der Waals surface area contributed by atoms with Gasteiger partial charge in [-0.3, -0.25) is 0 Å². The van der Waals surface area contributed by atoms with E-state index in [1.807, 2.05) is 55.5 Å². The molecule has 0 aromatic heterocycles. The van der Waals surface area contributed by atoms with Crippen LogP contribution in [0.1, 0.15) is 34.8 Å². The van der Waals surface area contributed by atoms with Crippen LogP contribution in [0.2, 0.25) is 5.02 Å². The molecule has 0 heterocycles. The van der Waals surface area contributed by atoms with Crippen LogP contribution in [0.5, 0.6) is 0 Å². The van der Waals surface area contributed by atoms with Crippen molar-refractivity contribution in [2.75, 3.05) is 6.61 Å². The van der Waals surface area contributed by atoms with Crippen LogP contribution in [0.15, 0.2) is 66.8 Å². The summed E-state index contributed by atoms with van der Waals surface area (Å²) in [6.45, 7) is 2.34. The summed E-state index contributed by atoms with van der Waals surface area (Å²) >= 11 is 6.49. The molecule has 3 rings (SSSR count). The van der Waals surface area contributed by atoms with Crippen molar-refractivity contribution in [3.63, 3.8) is 0 Å². The molecule has 1 N–H and O–H groups in total. The lowest BCUT2D eigenvalue weighted by Crippen LogP contribution is -2.34. The fourth-order valence-corrected chi connectivity index (χ4v) is 3.72. The Bertz CT molecular complexity index is 839. The second kappa shape index (κ2) is 7.26. The first kappa shape index (κ1) is 17.5. The number of ether oxygens (including phenoxy) is 1. The maximum atomic E-state index is 11.9. The Morgan fingerprint density at radius 2 is 1.96 bits per heavy atom. The molecule has 0 aliphatic heterocycles. The fourth-order valence-electron chi connectivity index (χ4n) is 3.39. The second-order valence-corrected chi connectivity index (χ2v) is 6.21. The molecule has 2 aromatic rings. The lowest BCUT2D eigenvalue weighted by molar-refractivity contribution is 0.00433. The monoisotopic (exact) mass is 354 g/mol. The van der Waals surface area contributed by atoms with Crippen molar-refractivity contribution in [3.05, 3.63) is 88.5 Å². The van der Waals surface area contributed by atoms with Crippen molar-refractivity contribution in [1.29, 1.82) is 0 Å². The van der Waals surface area contributed by atoms with Gasteiger partial charge in [0.1, 0.15) is 5.60 Å². The number of allylic oxidation sites excluding steroid dienone is 2. The number of carbonyl (C=O) groups is 1. The van der Waals surface area contributed by atoms with Crippen molar-refractivity contribution in [2.24, 2.45) is 0 Å². The molecule has 1 aliphatic carbocycles. The molecule has 1 unspecified atom stereocenters. The van der Waals surface area contributed by atoms with Crippen LogP contribution in [-0.2, 0) is 10.3 Å². The van der Waals surface area contributed by atoms with E-state index in [1.165, 1.54) is 0 Å². The maximum absolute atomic E-state index is 11.9. The minimum absolute atomic E-state index is 0.165. The molecule has 0 radical (unpaired) electrons. The van der Waals surface area contributed by atoms with Crippen molar-refractivity contribution in [3.8, 4) is 0 Å². The molecular formula is C21H19ClO3. The number of benzene rings is 2. The van der Waals surface area contributed by atoms with Crippen molar-refractivity contribution >= 4 is 23.1 Å². The molecule has 3 nitrogen and oxygen atoms in total. The highest BCUT2D eigenvalue weighted by Crippen LogP contribution is 2.48. The first-order valence-corrected chi connectivity index (χ1v) is 8.57. The standard InChI is InChI=1S/C21H19ClO3/c1-2-25-21(19-16(20(23)24)11-8-13-18(19)22)14-7-6-12-17(21)15-9-4-3-5-10-15/h3-13H,2,14H2,1H3,(H,23,24). The van der Waals surface area contributed by atoms with Crippen LogP contribution in [-0.4, -0.2) is 17.7 Å². The van der Waals surface area contributed by atoms with Gasteiger partial charge in [-0.2, -0.15) is 0 Å². The largest absolute Gasteiger partial charge is 0.478 e. The Labute approximate surface area is 152 Å². The quantitative estimate of drug-likeness (QED) is 0.791. The highest BCUT2D eigenvalue weighted by atomic mass is 35.5. The van der Waals surface area contributed by atoms with Gasteiger partial charge in [-0.1, -0.05) is 66.2 Å². The smallest absolute Gasteiger partial charge is 0.336 e. The maximum Gasteiger partial charge on any atom is 0.336 e. The predicted molar refractivity (Wildman–Crippen MR) is 99.9 cm³/mol. The topological polar surface area (TPSA) is 46.5 Å². The Balaban J connectivity index is 2.30. The van der Waals surface area contributed by atoms with Gasteiger partial charge in [-0.05, 0) is 30.2 Å². The summed E-state index contributed by atoms with van der Waals surface area (Å²) in [4.78, 5) is 11.9. The van der Waals surface area contributed by atoms with Crippen molar-refractivity contribution in [2.45, 2.75) is 18.9 Å². The van der Waals surface area contributed by atoms with Gasteiger partial charge in [-0.15, -0.1) is 0 Å². The van der Waals surface area contributed by atoms with Gasteiger partial charge in [0.05, 0.1) is 5.56 Å². The number of hydrogen-bond acceptors (Lipinski definition) is 2. The normalized spacial score (nSPS) is 19.5. The van der Waals surface area contributed by atoms with Gasteiger partial charge in [0.15, 0.2) is 0 Å². The fraction of sp³-hybridized carbons (Fsp3) is 0.190. The number of rotatable bonds is 5. The molecule has 0 fully saturated rings. The average Bonchev–Trinajstić information content (AvgIpc) is 2.62. The SMILES string of the molecule is CCOC1(c2c(Cl)cccc2C(=O)O)CC=CC=C1c1ccccc1. The Hall–Kier alpha value is -2.36. The van der Waals surface area contributed by atoms with E-state index in [1.54, 1.807) is 18.2 Å². The van der Waals surface area contributed by atoms with E-state index in [2.05, 4.69) is 0 Å². The van der Waals surface area contributed by atoms with E-state index in [4.69, 9.17) is 16.3 Å². The van der Waals surface area contributed by atoms with E-state index in [-0.39, 0.29) is 5.56 Å². The molecule has 0 amide bonds. The first-order chi connectivity index (χ1) is 12.1. The van der Waals surface area contributed by atoms with Crippen LogP contribution in [0.25, 0.3) is 5.57 Å². The number of carboxylic acid groups (broad SMARTS) is 1. The summed E-state index contributed by atoms with van der Waals surface area (Å²) in [7, 11) is 0. The summed E-state index contributed by atoms with van der Waals surface area (Å²) in [6, 6.07) is 14.8. The zero-order valence-electron chi connectivity index (χ0n) is 13.9. The number of hydrogen-bond donors (Lipinski definition) is 1. The molecule has 0 bridgehead atoms. The highest BCUT2D eigenvalue weighted by molar-refractivity contribution is 6.32. The molecular weight excluding hydrogens is 336 g/mol. The van der Waals surface area contributed by atoms with E-state index >= 15 is 0 Å². The molecule has 2 aromatic carbocycles. The van der Waals surface area contributed by atoms with Gasteiger partial charge >= 0.3 is 5.97 Å². The van der Waals surface area contributed by atoms with Crippen LogP contribution in [0.4, 0.5) is 0 Å². The third-order valence-corrected chi connectivity index (χ3v) is 4.68. The zero-order chi connectivity index (χ0) is 17.9. The van der Waals surface area contributed by atoms with Crippen LogP contribution in [0.3, 0.4) is 0 Å². The van der Waals surface area contributed by atoms with E-state index in [9.17, 15) is 9.90 Å². The predicted octanol–water partition coefficient (Wildman–Crippen LogP) is 5.31. The summed E-state index contributed by atoms with van der Waals surface area (Å²) < 4.78 is 6.23. The molecule has 1 aliphatic rings. The van der Waals surface area contributed by atoms with E-state index in [0.29, 0.717) is 23.6 Å². The minimum Gasteiger partial charge on any atom is -0.478 e. The molecule has 4 heteroatoms. The Kier molecular flexibility index (Phi) is 5.07. The lowest BCUT2D eigenvalue weighted by Gasteiger charge is -2.39. The second-order valence-electron chi connectivity index (χ2n) is 5.81. The molecule has 0 spiro atoms. The van der Waals surface area contributed by atoms with Gasteiger partial charge in [0.2, 0.25) is 0 Å². The van der Waals surface area contributed by atoms with Gasteiger partial charge < -0.3 is 9.84 Å². The Morgan fingerprint density at radius 3 is 2.64 bits per heavy atom. The van der Waals surface area contributed by atoms with Gasteiger partial charge in [0, 0.05) is 23.6 Å². The third-order valence-electron chi connectivity index (χ3n) is 4.36. The molecule has 128 valence electrons. The van der Waals surface area contributed by atoms with Crippen LogP contribution in [0, 0.1) is 0 Å².